The van der Waals surface area contributed by atoms with Gasteiger partial charge in [0, 0.05) is 52.2 Å². The molecule has 4 rings (SSSR count). The average molecular weight is 472 g/mol. The molecule has 34 heavy (non-hydrogen) atoms. The number of carbonyl (C=O) groups excluding carboxylic acids is 3. The summed E-state index contributed by atoms with van der Waals surface area (Å²) >= 11 is 0. The number of pyridine rings is 1. The summed E-state index contributed by atoms with van der Waals surface area (Å²) in [7, 11) is 0. The van der Waals surface area contributed by atoms with Gasteiger partial charge in [0.05, 0.1) is 23.5 Å². The second-order valence-corrected chi connectivity index (χ2v) is 10.6. The zero-order valence-corrected chi connectivity index (χ0v) is 20.6. The second kappa shape index (κ2) is 10.3. The van der Waals surface area contributed by atoms with Gasteiger partial charge in [0.25, 0.3) is 0 Å². The van der Waals surface area contributed by atoms with E-state index < -0.39 is 5.60 Å². The van der Waals surface area contributed by atoms with Gasteiger partial charge >= 0.3 is 6.09 Å². The van der Waals surface area contributed by atoms with Crippen LogP contribution in [-0.2, 0) is 14.3 Å². The molecule has 0 radical (unpaired) electrons. The molecule has 0 bridgehead atoms. The van der Waals surface area contributed by atoms with E-state index in [-0.39, 0.29) is 23.8 Å². The molecule has 0 aliphatic carbocycles. The van der Waals surface area contributed by atoms with E-state index in [1.54, 1.807) is 0 Å². The van der Waals surface area contributed by atoms with E-state index in [2.05, 4.69) is 20.1 Å². The molecule has 3 aliphatic rings. The van der Waals surface area contributed by atoms with Crippen molar-refractivity contribution in [1.29, 1.82) is 0 Å². The Morgan fingerprint density at radius 2 is 1.76 bits per heavy atom. The number of anilines is 1. The number of hydrogen-bond acceptors (Lipinski definition) is 7. The summed E-state index contributed by atoms with van der Waals surface area (Å²) in [6.07, 6.45) is 4.79. The third-order valence-corrected chi connectivity index (χ3v) is 6.89. The number of nitrogens with one attached hydrogen (secondary N) is 1. The highest BCUT2D eigenvalue weighted by Crippen LogP contribution is 2.27. The van der Waals surface area contributed by atoms with Gasteiger partial charge in [-0.2, -0.15) is 0 Å². The summed E-state index contributed by atoms with van der Waals surface area (Å²) in [5.41, 5.74) is 1.36. The summed E-state index contributed by atoms with van der Waals surface area (Å²) in [6.45, 7) is 12.0. The average Bonchev–Trinajstić information content (AvgIpc) is 2.79. The second-order valence-electron chi connectivity index (χ2n) is 10.6. The van der Waals surface area contributed by atoms with Crippen molar-refractivity contribution in [3.63, 3.8) is 0 Å². The first kappa shape index (κ1) is 24.4. The molecule has 1 N–H and O–H groups in total. The van der Waals surface area contributed by atoms with Gasteiger partial charge in [-0.15, -0.1) is 0 Å². The SMILES string of the molecule is CC(C)(C)OC(=O)N1CCN(CC2CCN(c3ccc([C@H]4CCC(=O)NC4=O)nc3)CC2)CC1. The normalized spacial score (nSPS) is 23.1. The van der Waals surface area contributed by atoms with Crippen LogP contribution in [0.2, 0.25) is 0 Å². The molecule has 0 spiro atoms. The minimum absolute atomic E-state index is 0.203. The number of hydrogen-bond donors (Lipinski definition) is 1. The van der Waals surface area contributed by atoms with Crippen LogP contribution in [0.3, 0.4) is 0 Å². The van der Waals surface area contributed by atoms with Crippen LogP contribution in [0.25, 0.3) is 0 Å². The van der Waals surface area contributed by atoms with Crippen LogP contribution in [0.15, 0.2) is 18.3 Å². The van der Waals surface area contributed by atoms with Crippen molar-refractivity contribution in [3.05, 3.63) is 24.0 Å². The molecular formula is C25H37N5O4. The summed E-state index contributed by atoms with van der Waals surface area (Å²) in [6, 6.07) is 3.97. The Morgan fingerprint density at radius 1 is 1.06 bits per heavy atom. The summed E-state index contributed by atoms with van der Waals surface area (Å²) < 4.78 is 5.49. The molecule has 1 aromatic heterocycles. The van der Waals surface area contributed by atoms with Crippen LogP contribution < -0.4 is 10.2 Å². The number of carbonyl (C=O) groups is 3. The molecule has 0 unspecified atom stereocenters. The number of amides is 3. The summed E-state index contributed by atoms with van der Waals surface area (Å²) in [4.78, 5) is 46.9. The number of nitrogens with zero attached hydrogens (tertiary/aromatic N) is 4. The van der Waals surface area contributed by atoms with Crippen molar-refractivity contribution >= 4 is 23.6 Å². The minimum Gasteiger partial charge on any atom is -0.444 e. The topological polar surface area (TPSA) is 95.1 Å². The zero-order valence-electron chi connectivity index (χ0n) is 20.6. The number of ether oxygens (including phenoxy) is 1. The van der Waals surface area contributed by atoms with Crippen LogP contribution in [0.1, 0.15) is 58.1 Å². The first-order valence-electron chi connectivity index (χ1n) is 12.4. The number of aromatic nitrogens is 1. The van der Waals surface area contributed by atoms with Crippen LogP contribution in [0.4, 0.5) is 10.5 Å². The molecule has 186 valence electrons. The highest BCUT2D eigenvalue weighted by atomic mass is 16.6. The molecule has 9 nitrogen and oxygen atoms in total. The Balaban J connectivity index is 1.20. The lowest BCUT2D eigenvalue weighted by Crippen LogP contribution is -2.51. The molecule has 9 heteroatoms. The fourth-order valence-corrected chi connectivity index (χ4v) is 4.94. The minimum atomic E-state index is -0.455. The van der Waals surface area contributed by atoms with Crippen LogP contribution in [-0.4, -0.2) is 84.1 Å². The van der Waals surface area contributed by atoms with Gasteiger partial charge in [0.1, 0.15) is 5.60 Å². The van der Waals surface area contributed by atoms with Crippen molar-refractivity contribution in [2.75, 3.05) is 50.7 Å². The standard InChI is InChI=1S/C25H37N5O4/c1-25(2,3)34-24(33)30-14-12-28(13-15-30)17-18-8-10-29(11-9-18)19-4-6-21(26-16-19)20-5-7-22(31)27-23(20)32/h4,6,16,18,20H,5,7-15,17H2,1-3H3,(H,27,31,32)/t20-/m1/s1. The van der Waals surface area contributed by atoms with E-state index in [4.69, 9.17) is 4.74 Å². The fraction of sp³-hybridized carbons (Fsp3) is 0.680. The number of piperazine rings is 1. The lowest BCUT2D eigenvalue weighted by Gasteiger charge is -2.39. The first-order chi connectivity index (χ1) is 16.2. The highest BCUT2D eigenvalue weighted by molar-refractivity contribution is 6.00. The molecule has 3 amide bonds. The maximum absolute atomic E-state index is 12.3. The number of rotatable bonds is 4. The Bertz CT molecular complexity index is 882. The fourth-order valence-electron chi connectivity index (χ4n) is 4.94. The Morgan fingerprint density at radius 3 is 2.35 bits per heavy atom. The van der Waals surface area contributed by atoms with Crippen molar-refractivity contribution in [1.82, 2.24) is 20.1 Å². The van der Waals surface area contributed by atoms with E-state index >= 15 is 0 Å². The predicted molar refractivity (Wildman–Crippen MR) is 129 cm³/mol. The lowest BCUT2D eigenvalue weighted by atomic mass is 9.94. The molecule has 1 aromatic rings. The van der Waals surface area contributed by atoms with Crippen molar-refractivity contribution in [2.24, 2.45) is 5.92 Å². The van der Waals surface area contributed by atoms with Gasteiger partial charge in [-0.3, -0.25) is 24.8 Å². The number of piperidine rings is 2. The van der Waals surface area contributed by atoms with Crippen LogP contribution in [0, 0.1) is 5.92 Å². The van der Waals surface area contributed by atoms with Gasteiger partial charge < -0.3 is 14.5 Å². The van der Waals surface area contributed by atoms with Gasteiger partial charge in [-0.05, 0) is 58.1 Å². The van der Waals surface area contributed by atoms with E-state index in [9.17, 15) is 14.4 Å². The first-order valence-corrected chi connectivity index (χ1v) is 12.4. The largest absolute Gasteiger partial charge is 0.444 e. The van der Waals surface area contributed by atoms with Gasteiger partial charge in [-0.25, -0.2) is 4.79 Å². The Labute approximate surface area is 201 Å². The van der Waals surface area contributed by atoms with Crippen molar-refractivity contribution in [2.45, 2.75) is 58.0 Å². The smallest absolute Gasteiger partial charge is 0.410 e. The quantitative estimate of drug-likeness (QED) is 0.674. The van der Waals surface area contributed by atoms with E-state index in [0.29, 0.717) is 18.8 Å². The molecule has 4 heterocycles. The zero-order chi connectivity index (χ0) is 24.3. The van der Waals surface area contributed by atoms with Gasteiger partial charge in [0.2, 0.25) is 11.8 Å². The van der Waals surface area contributed by atoms with Crippen LogP contribution >= 0.6 is 0 Å². The number of imide groups is 1. The van der Waals surface area contributed by atoms with E-state index in [1.165, 1.54) is 0 Å². The molecule has 0 saturated carbocycles. The molecule has 0 aromatic carbocycles. The van der Waals surface area contributed by atoms with E-state index in [0.717, 1.165) is 70.0 Å². The maximum Gasteiger partial charge on any atom is 0.410 e. The predicted octanol–water partition coefficient (Wildman–Crippen LogP) is 2.37. The molecule has 3 fully saturated rings. The maximum atomic E-state index is 12.3. The van der Waals surface area contributed by atoms with E-state index in [1.807, 2.05) is 44.0 Å². The molecular weight excluding hydrogens is 434 g/mol. The lowest BCUT2D eigenvalue weighted by molar-refractivity contribution is -0.134. The molecule has 3 saturated heterocycles. The highest BCUT2D eigenvalue weighted by Gasteiger charge is 2.30. The summed E-state index contributed by atoms with van der Waals surface area (Å²) in [5, 5.41) is 2.40. The van der Waals surface area contributed by atoms with Crippen molar-refractivity contribution in [3.8, 4) is 0 Å². The third-order valence-electron chi connectivity index (χ3n) is 6.89. The Kier molecular flexibility index (Phi) is 7.40. The van der Waals surface area contributed by atoms with Crippen LogP contribution in [0.5, 0.6) is 0 Å². The van der Waals surface area contributed by atoms with Gasteiger partial charge in [-0.1, -0.05) is 0 Å². The molecule has 3 aliphatic heterocycles. The summed E-state index contributed by atoms with van der Waals surface area (Å²) in [5.74, 6) is -0.136. The van der Waals surface area contributed by atoms with Gasteiger partial charge in [0.15, 0.2) is 0 Å². The molecule has 1 atom stereocenters. The van der Waals surface area contributed by atoms with Crippen molar-refractivity contribution < 1.29 is 19.1 Å². The third kappa shape index (κ3) is 6.25. The monoisotopic (exact) mass is 471 g/mol. The Hall–Kier alpha value is -2.68.